The van der Waals surface area contributed by atoms with Gasteiger partial charge in [0.25, 0.3) is 0 Å². The molecule has 3 aliphatic heterocycles. The summed E-state index contributed by atoms with van der Waals surface area (Å²) in [5, 5.41) is 9.58. The van der Waals surface area contributed by atoms with E-state index in [1.165, 1.54) is 0 Å². The first-order valence-corrected chi connectivity index (χ1v) is 13.7. The normalized spacial score (nSPS) is 29.4. The van der Waals surface area contributed by atoms with Crippen LogP contribution in [0.5, 0.6) is 0 Å². The van der Waals surface area contributed by atoms with Gasteiger partial charge in [0, 0.05) is 38.0 Å². The number of para-hydroxylation sites is 1. The number of hydrogen-bond donors (Lipinski definition) is 1. The van der Waals surface area contributed by atoms with Crippen molar-refractivity contribution in [3.8, 4) is 0 Å². The number of likely N-dealkylation sites (tertiary alicyclic amines) is 1. The molecule has 3 amide bonds. The minimum absolute atomic E-state index is 0.105. The first-order chi connectivity index (χ1) is 18.2. The van der Waals surface area contributed by atoms with Crippen molar-refractivity contribution in [2.75, 3.05) is 31.1 Å². The van der Waals surface area contributed by atoms with Crippen LogP contribution in [0.3, 0.4) is 0 Å². The largest absolute Gasteiger partial charge is 0.396 e. The van der Waals surface area contributed by atoms with E-state index in [1.54, 1.807) is 26.9 Å². The molecule has 0 aromatic heterocycles. The van der Waals surface area contributed by atoms with E-state index in [1.807, 2.05) is 51.1 Å². The first kappa shape index (κ1) is 28.0. The fourth-order valence-electron chi connectivity index (χ4n) is 6.93. The Labute approximate surface area is 225 Å². The highest BCUT2D eigenvalue weighted by molar-refractivity contribution is 6.03. The van der Waals surface area contributed by atoms with Crippen molar-refractivity contribution >= 4 is 23.4 Å². The van der Waals surface area contributed by atoms with Crippen LogP contribution in [-0.4, -0.2) is 82.2 Å². The van der Waals surface area contributed by atoms with Gasteiger partial charge in [0.1, 0.15) is 11.6 Å². The van der Waals surface area contributed by atoms with E-state index in [2.05, 4.69) is 13.2 Å². The predicted molar refractivity (Wildman–Crippen MR) is 146 cm³/mol. The molecule has 2 bridgehead atoms. The molecule has 2 unspecified atom stereocenters. The van der Waals surface area contributed by atoms with E-state index < -0.39 is 29.1 Å². The number of carbonyl (C=O) groups is 3. The average Bonchev–Trinajstić information content (AvgIpc) is 3.52. The van der Waals surface area contributed by atoms with E-state index in [9.17, 15) is 19.5 Å². The second-order valence-corrected chi connectivity index (χ2v) is 10.9. The van der Waals surface area contributed by atoms with Gasteiger partial charge in [-0.05, 0) is 51.7 Å². The van der Waals surface area contributed by atoms with Crippen molar-refractivity contribution in [1.82, 2.24) is 9.80 Å². The number of fused-ring (bicyclic) bond motifs is 1. The number of ether oxygens (including phenoxy) is 1. The molecule has 8 heteroatoms. The van der Waals surface area contributed by atoms with E-state index in [0.717, 1.165) is 5.69 Å². The smallest absolute Gasteiger partial charge is 0.248 e. The van der Waals surface area contributed by atoms with Crippen LogP contribution >= 0.6 is 0 Å². The van der Waals surface area contributed by atoms with Gasteiger partial charge in [-0.1, -0.05) is 37.3 Å². The highest BCUT2D eigenvalue weighted by Crippen LogP contribution is 2.64. The van der Waals surface area contributed by atoms with Crippen LogP contribution < -0.4 is 4.90 Å². The van der Waals surface area contributed by atoms with Crippen molar-refractivity contribution < 1.29 is 24.2 Å². The lowest BCUT2D eigenvalue weighted by Gasteiger charge is -2.38. The number of aliphatic hydroxyl groups is 1. The van der Waals surface area contributed by atoms with Crippen LogP contribution in [0.25, 0.3) is 0 Å². The molecular weight excluding hydrogens is 482 g/mol. The Morgan fingerprint density at radius 3 is 2.42 bits per heavy atom. The summed E-state index contributed by atoms with van der Waals surface area (Å²) < 4.78 is 6.87. The minimum atomic E-state index is -1.09. The van der Waals surface area contributed by atoms with E-state index >= 15 is 0 Å². The van der Waals surface area contributed by atoms with Crippen LogP contribution in [0, 0.1) is 11.8 Å². The zero-order chi connectivity index (χ0) is 27.7. The van der Waals surface area contributed by atoms with Crippen molar-refractivity contribution in [2.45, 2.75) is 69.7 Å². The van der Waals surface area contributed by atoms with Gasteiger partial charge in [-0.3, -0.25) is 14.4 Å². The number of nitrogens with zero attached hydrogens (tertiary/aromatic N) is 3. The molecule has 3 aliphatic rings. The summed E-state index contributed by atoms with van der Waals surface area (Å²) in [7, 11) is 0. The van der Waals surface area contributed by atoms with E-state index in [0.29, 0.717) is 38.8 Å². The van der Waals surface area contributed by atoms with Crippen molar-refractivity contribution in [2.24, 2.45) is 11.8 Å². The molecule has 1 spiro atoms. The van der Waals surface area contributed by atoms with Crippen molar-refractivity contribution in [1.29, 1.82) is 0 Å². The number of amides is 3. The molecule has 5 atom stereocenters. The molecule has 206 valence electrons. The van der Waals surface area contributed by atoms with Crippen molar-refractivity contribution in [3.63, 3.8) is 0 Å². The Morgan fingerprint density at radius 1 is 1.16 bits per heavy atom. The zero-order valence-electron chi connectivity index (χ0n) is 22.8. The van der Waals surface area contributed by atoms with Crippen LogP contribution in [0.4, 0.5) is 5.69 Å². The molecule has 8 nitrogen and oxygen atoms in total. The SMILES string of the molecule is C=CCN(C(=O)[C@H]1[C@H]2C(=O)N(CCCO)C(C(=O)N(CC=C)C(C)C)C23CC[C@]1(CC)O3)c1ccccc1. The predicted octanol–water partition coefficient (Wildman–Crippen LogP) is 3.17. The molecule has 0 radical (unpaired) electrons. The lowest BCUT2D eigenvalue weighted by Crippen LogP contribution is -2.57. The summed E-state index contributed by atoms with van der Waals surface area (Å²) in [4.78, 5) is 47.8. The Morgan fingerprint density at radius 2 is 1.84 bits per heavy atom. The second kappa shape index (κ2) is 11.0. The molecule has 4 rings (SSSR count). The Bertz CT molecular complexity index is 1070. The molecule has 3 heterocycles. The molecule has 1 aromatic rings. The molecule has 3 fully saturated rings. The fraction of sp³-hybridized carbons (Fsp3) is 0.567. The number of aliphatic hydroxyl groups excluding tert-OH is 1. The summed E-state index contributed by atoms with van der Waals surface area (Å²) in [6, 6.07) is 8.42. The maximum absolute atomic E-state index is 14.4. The highest BCUT2D eigenvalue weighted by atomic mass is 16.5. The molecular formula is C30H41N3O5. The third kappa shape index (κ3) is 4.28. The van der Waals surface area contributed by atoms with Crippen molar-refractivity contribution in [3.05, 3.63) is 55.6 Å². The number of benzene rings is 1. The van der Waals surface area contributed by atoms with Gasteiger partial charge in [0.15, 0.2) is 0 Å². The number of anilines is 1. The maximum atomic E-state index is 14.4. The van der Waals surface area contributed by atoms with Gasteiger partial charge in [-0.25, -0.2) is 0 Å². The Kier molecular flexibility index (Phi) is 8.14. The monoisotopic (exact) mass is 523 g/mol. The summed E-state index contributed by atoms with van der Waals surface area (Å²) in [6.45, 7) is 14.3. The van der Waals surface area contributed by atoms with Crippen LogP contribution in [0.1, 0.15) is 46.5 Å². The number of rotatable bonds is 12. The summed E-state index contributed by atoms with van der Waals surface area (Å²) in [6.07, 6.45) is 5.39. The standard InChI is InChI=1S/C30H41N3O5/c1-6-17-31(21(4)5)28(37)25-30-16-15-29(8-3,38-30)23(24(30)27(36)33(25)19-12-20-34)26(35)32(18-7-2)22-13-10-9-11-14-22/h6-7,9-11,13-14,21,23-25,34H,1-2,8,12,15-20H2,3-5H3/t23-,24+,25?,29+,30?/m1/s1. The van der Waals surface area contributed by atoms with Gasteiger partial charge >= 0.3 is 0 Å². The fourth-order valence-corrected chi connectivity index (χ4v) is 6.93. The van der Waals surface area contributed by atoms with Crippen LogP contribution in [0.2, 0.25) is 0 Å². The second-order valence-electron chi connectivity index (χ2n) is 10.9. The quantitative estimate of drug-likeness (QED) is 0.425. The Hall–Kier alpha value is -2.97. The van der Waals surface area contributed by atoms with E-state index in [-0.39, 0.29) is 36.9 Å². The van der Waals surface area contributed by atoms with Crippen LogP contribution in [-0.2, 0) is 19.1 Å². The molecule has 3 saturated heterocycles. The zero-order valence-corrected chi connectivity index (χ0v) is 22.8. The molecule has 0 aliphatic carbocycles. The van der Waals surface area contributed by atoms with Gasteiger partial charge in [-0.2, -0.15) is 0 Å². The summed E-state index contributed by atoms with van der Waals surface area (Å²) in [5.74, 6) is -2.11. The number of hydrogen-bond acceptors (Lipinski definition) is 5. The van der Waals surface area contributed by atoms with Gasteiger partial charge in [0.2, 0.25) is 17.7 Å². The third-order valence-electron chi connectivity index (χ3n) is 8.62. The third-order valence-corrected chi connectivity index (χ3v) is 8.62. The lowest BCUT2D eigenvalue weighted by atomic mass is 9.64. The molecule has 38 heavy (non-hydrogen) atoms. The summed E-state index contributed by atoms with van der Waals surface area (Å²) in [5.41, 5.74) is -1.19. The molecule has 1 N–H and O–H groups in total. The topological polar surface area (TPSA) is 90.4 Å². The minimum Gasteiger partial charge on any atom is -0.396 e. The average molecular weight is 524 g/mol. The molecule has 1 aromatic carbocycles. The molecule has 0 saturated carbocycles. The van der Waals surface area contributed by atoms with Gasteiger partial charge in [-0.15, -0.1) is 13.2 Å². The maximum Gasteiger partial charge on any atom is 0.248 e. The summed E-state index contributed by atoms with van der Waals surface area (Å²) >= 11 is 0. The van der Waals surface area contributed by atoms with E-state index in [4.69, 9.17) is 4.74 Å². The highest BCUT2D eigenvalue weighted by Gasteiger charge is 2.79. The lowest BCUT2D eigenvalue weighted by molar-refractivity contribution is -0.153. The number of carbonyl (C=O) groups excluding carboxylic acids is 3. The first-order valence-electron chi connectivity index (χ1n) is 13.7. The van der Waals surface area contributed by atoms with Gasteiger partial charge < -0.3 is 24.5 Å². The Balaban J connectivity index is 1.82. The van der Waals surface area contributed by atoms with Gasteiger partial charge in [0.05, 0.1) is 17.4 Å². The van der Waals surface area contributed by atoms with Crippen LogP contribution in [0.15, 0.2) is 55.6 Å².